The standard InChI is InChI=1S/C14H19N3/c1-11(2)13-5-3-12(4-6-13)9-17-10-16-8-14(17)7-15/h3-6,8,10-11H,7,9,15H2,1-2H3. The van der Waals surface area contributed by atoms with E-state index in [-0.39, 0.29) is 0 Å². The first kappa shape index (κ1) is 11.9. The highest BCUT2D eigenvalue weighted by Gasteiger charge is 2.02. The Morgan fingerprint density at radius 1 is 1.24 bits per heavy atom. The van der Waals surface area contributed by atoms with Crippen molar-refractivity contribution < 1.29 is 0 Å². The Bertz CT molecular complexity index is 468. The van der Waals surface area contributed by atoms with Crippen LogP contribution < -0.4 is 5.73 Å². The van der Waals surface area contributed by atoms with Crippen LogP contribution >= 0.6 is 0 Å². The van der Waals surface area contributed by atoms with Crippen LogP contribution in [0, 0.1) is 0 Å². The van der Waals surface area contributed by atoms with Gasteiger partial charge in [0, 0.05) is 19.3 Å². The lowest BCUT2D eigenvalue weighted by Gasteiger charge is -2.09. The van der Waals surface area contributed by atoms with Crippen LogP contribution in [0.2, 0.25) is 0 Å². The van der Waals surface area contributed by atoms with Gasteiger partial charge in [-0.25, -0.2) is 4.98 Å². The quantitative estimate of drug-likeness (QED) is 0.875. The molecule has 0 fully saturated rings. The Labute approximate surface area is 102 Å². The summed E-state index contributed by atoms with van der Waals surface area (Å²) >= 11 is 0. The average molecular weight is 229 g/mol. The van der Waals surface area contributed by atoms with Crippen molar-refractivity contribution in [2.45, 2.75) is 32.9 Å². The van der Waals surface area contributed by atoms with E-state index in [2.05, 4.69) is 47.7 Å². The Kier molecular flexibility index (Phi) is 3.59. The van der Waals surface area contributed by atoms with Gasteiger partial charge >= 0.3 is 0 Å². The first-order valence-corrected chi connectivity index (χ1v) is 5.98. The van der Waals surface area contributed by atoms with Crippen molar-refractivity contribution in [3.63, 3.8) is 0 Å². The maximum Gasteiger partial charge on any atom is 0.0951 e. The zero-order chi connectivity index (χ0) is 12.3. The highest BCUT2D eigenvalue weighted by molar-refractivity contribution is 5.25. The SMILES string of the molecule is CC(C)c1ccc(Cn2cncc2CN)cc1. The smallest absolute Gasteiger partial charge is 0.0951 e. The summed E-state index contributed by atoms with van der Waals surface area (Å²) in [4.78, 5) is 4.12. The molecule has 0 saturated carbocycles. The normalized spacial score (nSPS) is 11.1. The molecule has 0 radical (unpaired) electrons. The predicted octanol–water partition coefficient (Wildman–Crippen LogP) is 2.51. The van der Waals surface area contributed by atoms with E-state index in [0.29, 0.717) is 12.5 Å². The van der Waals surface area contributed by atoms with Gasteiger partial charge in [0.15, 0.2) is 0 Å². The highest BCUT2D eigenvalue weighted by Crippen LogP contribution is 2.15. The van der Waals surface area contributed by atoms with Crippen molar-refractivity contribution in [1.82, 2.24) is 9.55 Å². The first-order chi connectivity index (χ1) is 8.20. The van der Waals surface area contributed by atoms with E-state index in [1.807, 2.05) is 12.5 Å². The molecular formula is C14H19N3. The minimum atomic E-state index is 0.532. The van der Waals surface area contributed by atoms with Crippen molar-refractivity contribution in [2.24, 2.45) is 5.73 Å². The highest BCUT2D eigenvalue weighted by atomic mass is 15.0. The molecule has 2 N–H and O–H groups in total. The van der Waals surface area contributed by atoms with Crippen molar-refractivity contribution in [2.75, 3.05) is 0 Å². The summed E-state index contributed by atoms with van der Waals surface area (Å²) in [6, 6.07) is 8.74. The fraction of sp³-hybridized carbons (Fsp3) is 0.357. The van der Waals surface area contributed by atoms with Crippen LogP contribution in [0.3, 0.4) is 0 Å². The summed E-state index contributed by atoms with van der Waals surface area (Å²) in [6.07, 6.45) is 3.65. The molecule has 0 unspecified atom stereocenters. The van der Waals surface area contributed by atoms with E-state index in [9.17, 15) is 0 Å². The molecule has 1 heterocycles. The van der Waals surface area contributed by atoms with E-state index in [0.717, 1.165) is 12.2 Å². The van der Waals surface area contributed by atoms with Crippen molar-refractivity contribution in [1.29, 1.82) is 0 Å². The minimum absolute atomic E-state index is 0.532. The lowest BCUT2D eigenvalue weighted by Crippen LogP contribution is -2.07. The van der Waals surface area contributed by atoms with Crippen LogP contribution in [-0.2, 0) is 13.1 Å². The molecule has 0 bridgehead atoms. The molecule has 0 atom stereocenters. The summed E-state index contributed by atoms with van der Waals surface area (Å²) in [6.45, 7) is 5.78. The van der Waals surface area contributed by atoms with Crippen LogP contribution in [0.5, 0.6) is 0 Å². The molecule has 2 aromatic rings. The molecule has 0 aliphatic heterocycles. The number of imidazole rings is 1. The van der Waals surface area contributed by atoms with Gasteiger partial charge in [-0.15, -0.1) is 0 Å². The lowest BCUT2D eigenvalue weighted by molar-refractivity contribution is 0.739. The molecule has 3 nitrogen and oxygen atoms in total. The molecule has 17 heavy (non-hydrogen) atoms. The number of aromatic nitrogens is 2. The van der Waals surface area contributed by atoms with Gasteiger partial charge in [-0.1, -0.05) is 38.1 Å². The molecule has 1 aromatic carbocycles. The Morgan fingerprint density at radius 2 is 1.94 bits per heavy atom. The van der Waals surface area contributed by atoms with Gasteiger partial charge in [0.1, 0.15) is 0 Å². The van der Waals surface area contributed by atoms with Gasteiger partial charge < -0.3 is 10.3 Å². The monoisotopic (exact) mass is 229 g/mol. The Balaban J connectivity index is 2.14. The maximum absolute atomic E-state index is 5.65. The van der Waals surface area contributed by atoms with Crippen molar-refractivity contribution in [3.8, 4) is 0 Å². The Morgan fingerprint density at radius 3 is 2.53 bits per heavy atom. The Hall–Kier alpha value is -1.61. The maximum atomic E-state index is 5.65. The van der Waals surface area contributed by atoms with Crippen LogP contribution in [-0.4, -0.2) is 9.55 Å². The second-order valence-electron chi connectivity index (χ2n) is 4.61. The van der Waals surface area contributed by atoms with E-state index in [4.69, 9.17) is 5.73 Å². The van der Waals surface area contributed by atoms with E-state index >= 15 is 0 Å². The number of rotatable bonds is 4. The zero-order valence-corrected chi connectivity index (χ0v) is 10.4. The topological polar surface area (TPSA) is 43.8 Å². The third-order valence-corrected chi connectivity index (χ3v) is 3.01. The molecule has 3 heteroatoms. The molecule has 2 rings (SSSR count). The first-order valence-electron chi connectivity index (χ1n) is 5.98. The summed E-state index contributed by atoms with van der Waals surface area (Å²) < 4.78 is 2.09. The predicted molar refractivity (Wildman–Crippen MR) is 69.8 cm³/mol. The summed E-state index contributed by atoms with van der Waals surface area (Å²) in [5.41, 5.74) is 9.37. The largest absolute Gasteiger partial charge is 0.329 e. The van der Waals surface area contributed by atoms with Gasteiger partial charge in [-0.2, -0.15) is 0 Å². The molecule has 1 aromatic heterocycles. The number of nitrogens with two attached hydrogens (primary N) is 1. The van der Waals surface area contributed by atoms with Gasteiger partial charge in [-0.3, -0.25) is 0 Å². The van der Waals surface area contributed by atoms with Gasteiger partial charge in [0.05, 0.1) is 12.0 Å². The lowest BCUT2D eigenvalue weighted by atomic mass is 10.0. The third-order valence-electron chi connectivity index (χ3n) is 3.01. The number of nitrogens with zero attached hydrogens (tertiary/aromatic N) is 2. The van der Waals surface area contributed by atoms with E-state index in [1.54, 1.807) is 0 Å². The minimum Gasteiger partial charge on any atom is -0.329 e. The molecular weight excluding hydrogens is 210 g/mol. The van der Waals surface area contributed by atoms with Gasteiger partial charge in [0.25, 0.3) is 0 Å². The van der Waals surface area contributed by atoms with Crippen LogP contribution in [0.1, 0.15) is 36.6 Å². The van der Waals surface area contributed by atoms with Crippen LogP contribution in [0.4, 0.5) is 0 Å². The van der Waals surface area contributed by atoms with Crippen LogP contribution in [0.15, 0.2) is 36.8 Å². The second-order valence-corrected chi connectivity index (χ2v) is 4.61. The fourth-order valence-corrected chi connectivity index (χ4v) is 1.87. The molecule has 0 saturated heterocycles. The second kappa shape index (κ2) is 5.15. The molecule has 0 aliphatic carbocycles. The summed E-state index contributed by atoms with van der Waals surface area (Å²) in [5, 5.41) is 0. The van der Waals surface area contributed by atoms with Crippen LogP contribution in [0.25, 0.3) is 0 Å². The zero-order valence-electron chi connectivity index (χ0n) is 10.4. The fourth-order valence-electron chi connectivity index (χ4n) is 1.87. The molecule has 0 aliphatic rings. The van der Waals surface area contributed by atoms with Gasteiger partial charge in [0.2, 0.25) is 0 Å². The van der Waals surface area contributed by atoms with Crippen molar-refractivity contribution in [3.05, 3.63) is 53.6 Å². The summed E-state index contributed by atoms with van der Waals surface area (Å²) in [5.74, 6) is 0.580. The van der Waals surface area contributed by atoms with Crippen molar-refractivity contribution >= 4 is 0 Å². The molecule has 90 valence electrons. The third kappa shape index (κ3) is 2.74. The average Bonchev–Trinajstić information content (AvgIpc) is 2.77. The molecule has 0 spiro atoms. The van der Waals surface area contributed by atoms with Gasteiger partial charge in [-0.05, 0) is 17.0 Å². The number of hydrogen-bond donors (Lipinski definition) is 1. The van der Waals surface area contributed by atoms with E-state index < -0.39 is 0 Å². The molecule has 0 amide bonds. The number of hydrogen-bond acceptors (Lipinski definition) is 2. The summed E-state index contributed by atoms with van der Waals surface area (Å²) in [7, 11) is 0. The number of benzene rings is 1. The van der Waals surface area contributed by atoms with E-state index in [1.165, 1.54) is 11.1 Å².